The second-order valence-corrected chi connectivity index (χ2v) is 8.23. The Morgan fingerprint density at radius 1 is 1.34 bits per heavy atom. The molecule has 1 unspecified atom stereocenters. The Hall–Kier alpha value is -2.19. The maximum absolute atomic E-state index is 14.3. The third kappa shape index (κ3) is 5.05. The first-order valence-electron chi connectivity index (χ1n) is 9.54. The SMILES string of the molecule is CCC(CCOC)Cn1c(C(C)(F)F)nc2cc(Sn3ccc(C=O)c3)ccc21. The van der Waals surface area contributed by atoms with Gasteiger partial charge in [0.05, 0.1) is 11.0 Å². The second-order valence-electron chi connectivity index (χ2n) is 7.15. The van der Waals surface area contributed by atoms with E-state index in [9.17, 15) is 13.6 Å². The zero-order valence-electron chi connectivity index (χ0n) is 16.8. The Morgan fingerprint density at radius 2 is 2.14 bits per heavy atom. The third-order valence-corrected chi connectivity index (χ3v) is 5.80. The van der Waals surface area contributed by atoms with Gasteiger partial charge in [-0.1, -0.05) is 13.3 Å². The molecule has 1 aromatic carbocycles. The molecule has 0 aliphatic rings. The van der Waals surface area contributed by atoms with Crippen LogP contribution in [0.15, 0.2) is 41.6 Å². The zero-order valence-corrected chi connectivity index (χ0v) is 17.6. The molecule has 8 heteroatoms. The minimum atomic E-state index is -3.04. The van der Waals surface area contributed by atoms with Gasteiger partial charge in [-0.15, -0.1) is 0 Å². The fourth-order valence-corrected chi connectivity index (χ4v) is 4.13. The van der Waals surface area contributed by atoms with Crippen molar-refractivity contribution in [2.45, 2.75) is 44.1 Å². The van der Waals surface area contributed by atoms with E-state index in [1.54, 1.807) is 34.1 Å². The van der Waals surface area contributed by atoms with Crippen molar-refractivity contribution >= 4 is 29.3 Å². The molecule has 1 atom stereocenters. The van der Waals surface area contributed by atoms with E-state index < -0.39 is 5.92 Å². The van der Waals surface area contributed by atoms with Crippen LogP contribution in [0.4, 0.5) is 8.78 Å². The highest BCUT2D eigenvalue weighted by atomic mass is 32.2. The Balaban J connectivity index is 1.95. The molecule has 5 nitrogen and oxygen atoms in total. The van der Waals surface area contributed by atoms with Crippen molar-refractivity contribution in [1.29, 1.82) is 0 Å². The molecule has 29 heavy (non-hydrogen) atoms. The summed E-state index contributed by atoms with van der Waals surface area (Å²) in [7, 11) is 1.65. The van der Waals surface area contributed by atoms with Crippen LogP contribution in [0.2, 0.25) is 0 Å². The van der Waals surface area contributed by atoms with Crippen LogP contribution in [-0.2, 0) is 17.2 Å². The van der Waals surface area contributed by atoms with Gasteiger partial charge in [0.25, 0.3) is 0 Å². The number of rotatable bonds is 10. The molecule has 0 bridgehead atoms. The number of benzene rings is 1. The standard InChI is InChI=1S/C21H25F2N3O2S/c1-4-15(8-10-28-3)13-26-19-6-5-17(29-25-9-7-16(12-25)14-27)11-18(19)24-20(26)21(2,22)23/h5-7,9,11-12,14-15H,4,8,10,13H2,1-3H3. The fraction of sp³-hybridized carbons (Fsp3) is 0.429. The molecule has 3 rings (SSSR count). The lowest BCUT2D eigenvalue weighted by molar-refractivity contribution is 0.00367. The van der Waals surface area contributed by atoms with Crippen molar-refractivity contribution in [2.24, 2.45) is 5.92 Å². The van der Waals surface area contributed by atoms with Crippen molar-refractivity contribution in [2.75, 3.05) is 13.7 Å². The van der Waals surface area contributed by atoms with E-state index in [0.717, 1.165) is 30.9 Å². The number of aldehydes is 1. The number of hydrogen-bond acceptors (Lipinski definition) is 4. The number of carbonyl (C=O) groups is 1. The third-order valence-electron chi connectivity index (χ3n) is 4.90. The summed E-state index contributed by atoms with van der Waals surface area (Å²) < 4.78 is 37.2. The van der Waals surface area contributed by atoms with Crippen molar-refractivity contribution in [3.8, 4) is 0 Å². The van der Waals surface area contributed by atoms with E-state index in [1.165, 1.54) is 11.9 Å². The fourth-order valence-electron chi connectivity index (χ4n) is 3.29. The first-order valence-corrected chi connectivity index (χ1v) is 10.3. The number of nitrogens with zero attached hydrogens (tertiary/aromatic N) is 3. The summed E-state index contributed by atoms with van der Waals surface area (Å²) in [6, 6.07) is 7.25. The molecule has 0 N–H and O–H groups in total. The number of imidazole rings is 1. The quantitative estimate of drug-likeness (QED) is 0.413. The van der Waals surface area contributed by atoms with Gasteiger partial charge in [-0.3, -0.25) is 8.77 Å². The van der Waals surface area contributed by atoms with Gasteiger partial charge in [-0.05, 0) is 48.6 Å². The zero-order chi connectivity index (χ0) is 21.0. The average Bonchev–Trinajstić information content (AvgIpc) is 3.29. The number of fused-ring (bicyclic) bond motifs is 1. The summed E-state index contributed by atoms with van der Waals surface area (Å²) in [5, 5.41) is 0. The normalized spacial score (nSPS) is 13.1. The van der Waals surface area contributed by atoms with Gasteiger partial charge in [0.2, 0.25) is 0 Å². The Morgan fingerprint density at radius 3 is 2.76 bits per heavy atom. The summed E-state index contributed by atoms with van der Waals surface area (Å²) in [6.45, 7) is 4.02. The molecular formula is C21H25F2N3O2S. The molecule has 0 saturated heterocycles. The summed E-state index contributed by atoms with van der Waals surface area (Å²) in [5.74, 6) is -3.02. The predicted molar refractivity (Wildman–Crippen MR) is 111 cm³/mol. The highest BCUT2D eigenvalue weighted by Gasteiger charge is 2.32. The van der Waals surface area contributed by atoms with E-state index in [4.69, 9.17) is 4.74 Å². The van der Waals surface area contributed by atoms with Gasteiger partial charge < -0.3 is 9.30 Å². The van der Waals surface area contributed by atoms with E-state index in [1.807, 2.05) is 18.2 Å². The number of ether oxygens (including phenoxy) is 1. The lowest BCUT2D eigenvalue weighted by Gasteiger charge is -2.19. The van der Waals surface area contributed by atoms with Crippen molar-refractivity contribution in [1.82, 2.24) is 13.5 Å². The highest BCUT2D eigenvalue weighted by molar-refractivity contribution is 7.97. The molecule has 0 fully saturated rings. The highest BCUT2D eigenvalue weighted by Crippen LogP contribution is 2.33. The van der Waals surface area contributed by atoms with Gasteiger partial charge in [-0.2, -0.15) is 8.78 Å². The maximum atomic E-state index is 14.3. The Kier molecular flexibility index (Phi) is 6.74. The molecule has 3 aromatic rings. The monoisotopic (exact) mass is 421 g/mol. The summed E-state index contributed by atoms with van der Waals surface area (Å²) in [4.78, 5) is 16.0. The molecule has 0 aliphatic heterocycles. The molecule has 0 saturated carbocycles. The van der Waals surface area contributed by atoms with Gasteiger partial charge in [-0.25, -0.2) is 4.98 Å². The van der Waals surface area contributed by atoms with E-state index in [0.29, 0.717) is 29.7 Å². The van der Waals surface area contributed by atoms with Crippen LogP contribution >= 0.6 is 11.9 Å². The van der Waals surface area contributed by atoms with Crippen molar-refractivity contribution < 1.29 is 18.3 Å². The average molecular weight is 422 g/mol. The minimum absolute atomic E-state index is 0.213. The van der Waals surface area contributed by atoms with Crippen molar-refractivity contribution in [3.63, 3.8) is 0 Å². The molecule has 2 heterocycles. The summed E-state index contributed by atoms with van der Waals surface area (Å²) in [5.41, 5.74) is 1.82. The topological polar surface area (TPSA) is 49.0 Å². The first kappa shape index (κ1) is 21.5. The van der Waals surface area contributed by atoms with Crippen LogP contribution < -0.4 is 0 Å². The van der Waals surface area contributed by atoms with Crippen LogP contribution in [0.5, 0.6) is 0 Å². The molecule has 0 spiro atoms. The molecule has 2 aromatic heterocycles. The number of alkyl halides is 2. The number of carbonyl (C=O) groups excluding carboxylic acids is 1. The lowest BCUT2D eigenvalue weighted by atomic mass is 10.0. The van der Waals surface area contributed by atoms with Crippen LogP contribution in [0.1, 0.15) is 42.9 Å². The second kappa shape index (κ2) is 9.09. The molecular weight excluding hydrogens is 396 g/mol. The predicted octanol–water partition coefficient (Wildman–Crippen LogP) is 5.38. The number of halogens is 2. The van der Waals surface area contributed by atoms with Gasteiger partial charge in [0, 0.05) is 50.0 Å². The van der Waals surface area contributed by atoms with Crippen LogP contribution in [0, 0.1) is 5.92 Å². The first-order chi connectivity index (χ1) is 13.9. The molecule has 156 valence electrons. The smallest absolute Gasteiger partial charge is 0.302 e. The number of aromatic nitrogens is 3. The van der Waals surface area contributed by atoms with Gasteiger partial charge in [0.1, 0.15) is 0 Å². The molecule has 0 aliphatic carbocycles. The number of methoxy groups -OCH3 is 1. The largest absolute Gasteiger partial charge is 0.385 e. The Bertz CT molecular complexity index is 978. The van der Waals surface area contributed by atoms with E-state index in [-0.39, 0.29) is 11.7 Å². The summed E-state index contributed by atoms with van der Waals surface area (Å²) in [6.07, 6.45) is 5.96. The van der Waals surface area contributed by atoms with E-state index >= 15 is 0 Å². The van der Waals surface area contributed by atoms with Crippen molar-refractivity contribution in [3.05, 3.63) is 48.0 Å². The lowest BCUT2D eigenvalue weighted by Crippen LogP contribution is -2.20. The molecule has 0 radical (unpaired) electrons. The molecule has 0 amide bonds. The van der Waals surface area contributed by atoms with Gasteiger partial charge in [0.15, 0.2) is 12.1 Å². The van der Waals surface area contributed by atoms with Gasteiger partial charge >= 0.3 is 5.92 Å². The van der Waals surface area contributed by atoms with Crippen LogP contribution in [0.25, 0.3) is 11.0 Å². The maximum Gasteiger partial charge on any atom is 0.302 e. The van der Waals surface area contributed by atoms with E-state index in [2.05, 4.69) is 11.9 Å². The van der Waals surface area contributed by atoms with Crippen LogP contribution in [0.3, 0.4) is 0 Å². The summed E-state index contributed by atoms with van der Waals surface area (Å²) >= 11 is 1.40. The minimum Gasteiger partial charge on any atom is -0.385 e. The number of hydrogen-bond donors (Lipinski definition) is 0. The Labute approximate surface area is 173 Å². The van der Waals surface area contributed by atoms with Crippen LogP contribution in [-0.4, -0.2) is 33.5 Å².